The highest BCUT2D eigenvalue weighted by molar-refractivity contribution is 5.69. The zero-order valence-electron chi connectivity index (χ0n) is 8.29. The summed E-state index contributed by atoms with van der Waals surface area (Å²) in [6.07, 6.45) is 1.08. The maximum absolute atomic E-state index is 10.5. The third-order valence-corrected chi connectivity index (χ3v) is 2.77. The summed E-state index contributed by atoms with van der Waals surface area (Å²) in [5.41, 5.74) is 0. The maximum Gasteiger partial charge on any atom is 0.317 e. The van der Waals surface area contributed by atoms with E-state index in [1.165, 1.54) is 0 Å². The number of nitrogens with one attached hydrogen (secondary N) is 1. The third kappa shape index (κ3) is 2.97. The van der Waals surface area contributed by atoms with Crippen molar-refractivity contribution >= 4 is 5.97 Å². The summed E-state index contributed by atoms with van der Waals surface area (Å²) in [5, 5.41) is 11.9. The van der Waals surface area contributed by atoms with Gasteiger partial charge in [0, 0.05) is 12.6 Å². The number of piperidine rings is 1. The molecule has 1 rings (SSSR count). The molecule has 0 saturated carbocycles. The van der Waals surface area contributed by atoms with Crippen molar-refractivity contribution in [3.05, 3.63) is 0 Å². The number of likely N-dealkylation sites (N-methyl/N-ethyl adjacent to an activating group) is 1. The van der Waals surface area contributed by atoms with Crippen LogP contribution in [0, 0.1) is 5.92 Å². The van der Waals surface area contributed by atoms with Crippen LogP contribution in [0.25, 0.3) is 0 Å². The number of nitrogens with zero attached hydrogens (tertiary/aromatic N) is 1. The molecule has 1 heterocycles. The van der Waals surface area contributed by atoms with Gasteiger partial charge in [0.05, 0.1) is 6.54 Å². The number of carboxylic acid groups (broad SMARTS) is 1. The van der Waals surface area contributed by atoms with Crippen LogP contribution in [0.3, 0.4) is 0 Å². The van der Waals surface area contributed by atoms with E-state index in [0.29, 0.717) is 12.0 Å². The lowest BCUT2D eigenvalue weighted by atomic mass is 9.94. The van der Waals surface area contributed by atoms with E-state index in [2.05, 4.69) is 12.2 Å². The Balaban J connectivity index is 2.40. The zero-order chi connectivity index (χ0) is 9.84. The van der Waals surface area contributed by atoms with E-state index in [0.717, 1.165) is 19.5 Å². The van der Waals surface area contributed by atoms with Crippen LogP contribution in [-0.2, 0) is 4.79 Å². The first-order valence-corrected chi connectivity index (χ1v) is 4.75. The fourth-order valence-corrected chi connectivity index (χ4v) is 1.85. The molecule has 1 aliphatic rings. The molecule has 4 heteroatoms. The number of aliphatic carboxylic acids is 1. The fraction of sp³-hybridized carbons (Fsp3) is 0.889. The van der Waals surface area contributed by atoms with E-state index < -0.39 is 5.97 Å². The van der Waals surface area contributed by atoms with Crippen molar-refractivity contribution < 1.29 is 9.90 Å². The van der Waals surface area contributed by atoms with Crippen molar-refractivity contribution in [1.82, 2.24) is 10.2 Å². The van der Waals surface area contributed by atoms with Crippen molar-refractivity contribution in [1.29, 1.82) is 0 Å². The molecule has 2 N–H and O–H groups in total. The molecular formula is C9H18N2O2. The van der Waals surface area contributed by atoms with E-state index in [1.54, 1.807) is 0 Å². The Morgan fingerprint density at radius 1 is 1.69 bits per heavy atom. The van der Waals surface area contributed by atoms with Gasteiger partial charge in [-0.1, -0.05) is 6.92 Å². The van der Waals surface area contributed by atoms with Gasteiger partial charge >= 0.3 is 5.97 Å². The van der Waals surface area contributed by atoms with E-state index in [-0.39, 0.29) is 6.54 Å². The Hall–Kier alpha value is -0.610. The fourth-order valence-electron chi connectivity index (χ4n) is 1.85. The van der Waals surface area contributed by atoms with Crippen LogP contribution in [-0.4, -0.2) is 48.7 Å². The summed E-state index contributed by atoms with van der Waals surface area (Å²) in [4.78, 5) is 12.5. The molecule has 76 valence electrons. The average Bonchev–Trinajstić information content (AvgIpc) is 2.07. The van der Waals surface area contributed by atoms with Gasteiger partial charge in [0.2, 0.25) is 0 Å². The molecule has 0 amide bonds. The first-order chi connectivity index (χ1) is 6.13. The van der Waals surface area contributed by atoms with Gasteiger partial charge in [-0.25, -0.2) is 0 Å². The minimum absolute atomic E-state index is 0.172. The second-order valence-corrected chi connectivity index (χ2v) is 3.79. The van der Waals surface area contributed by atoms with Gasteiger partial charge in [-0.05, 0) is 25.9 Å². The molecule has 0 aromatic rings. The Labute approximate surface area is 78.9 Å². The minimum Gasteiger partial charge on any atom is -0.480 e. The van der Waals surface area contributed by atoms with Crippen molar-refractivity contribution in [2.24, 2.45) is 5.92 Å². The van der Waals surface area contributed by atoms with E-state index >= 15 is 0 Å². The second-order valence-electron chi connectivity index (χ2n) is 3.79. The highest BCUT2D eigenvalue weighted by Gasteiger charge is 2.25. The van der Waals surface area contributed by atoms with Gasteiger partial charge in [0.15, 0.2) is 0 Å². The van der Waals surface area contributed by atoms with Crippen molar-refractivity contribution in [2.45, 2.75) is 19.4 Å². The van der Waals surface area contributed by atoms with Crippen molar-refractivity contribution in [3.8, 4) is 0 Å². The lowest BCUT2D eigenvalue weighted by Crippen LogP contribution is -2.50. The molecule has 2 unspecified atom stereocenters. The standard InChI is InChI=1S/C9H18N2O2/c1-7-3-4-11(6-9(12)13)5-8(7)10-2/h7-8,10H,3-6H2,1-2H3,(H,12,13). The lowest BCUT2D eigenvalue weighted by Gasteiger charge is -2.35. The molecule has 1 aliphatic heterocycles. The van der Waals surface area contributed by atoms with E-state index in [4.69, 9.17) is 5.11 Å². The molecule has 0 spiro atoms. The van der Waals surface area contributed by atoms with E-state index in [9.17, 15) is 4.79 Å². The van der Waals surface area contributed by atoms with Crippen molar-refractivity contribution in [2.75, 3.05) is 26.7 Å². The molecule has 0 aromatic heterocycles. The highest BCUT2D eigenvalue weighted by atomic mass is 16.4. The molecule has 0 radical (unpaired) electrons. The quantitative estimate of drug-likeness (QED) is 0.651. The molecule has 2 atom stereocenters. The van der Waals surface area contributed by atoms with Gasteiger partial charge in [0.1, 0.15) is 0 Å². The highest BCUT2D eigenvalue weighted by Crippen LogP contribution is 2.16. The van der Waals surface area contributed by atoms with E-state index in [1.807, 2.05) is 11.9 Å². The number of likely N-dealkylation sites (tertiary alicyclic amines) is 1. The molecule has 0 aromatic carbocycles. The first-order valence-electron chi connectivity index (χ1n) is 4.75. The topological polar surface area (TPSA) is 52.6 Å². The first kappa shape index (κ1) is 10.5. The smallest absolute Gasteiger partial charge is 0.317 e. The summed E-state index contributed by atoms with van der Waals surface area (Å²) in [7, 11) is 1.94. The number of hydrogen-bond acceptors (Lipinski definition) is 3. The van der Waals surface area contributed by atoms with Crippen LogP contribution in [0.5, 0.6) is 0 Å². The lowest BCUT2D eigenvalue weighted by molar-refractivity contribution is -0.138. The largest absolute Gasteiger partial charge is 0.480 e. The third-order valence-electron chi connectivity index (χ3n) is 2.77. The molecule has 0 aliphatic carbocycles. The molecule has 13 heavy (non-hydrogen) atoms. The predicted molar refractivity (Wildman–Crippen MR) is 50.7 cm³/mol. The Kier molecular flexibility index (Phi) is 3.69. The zero-order valence-corrected chi connectivity index (χ0v) is 8.29. The van der Waals surface area contributed by atoms with Gasteiger partial charge < -0.3 is 10.4 Å². The van der Waals surface area contributed by atoms with Crippen LogP contribution in [0.4, 0.5) is 0 Å². The average molecular weight is 186 g/mol. The Morgan fingerprint density at radius 3 is 2.92 bits per heavy atom. The van der Waals surface area contributed by atoms with Gasteiger partial charge in [-0.2, -0.15) is 0 Å². The number of hydrogen-bond donors (Lipinski definition) is 2. The van der Waals surface area contributed by atoms with Gasteiger partial charge in [-0.3, -0.25) is 9.69 Å². The van der Waals surface area contributed by atoms with Crippen LogP contribution < -0.4 is 5.32 Å². The van der Waals surface area contributed by atoms with Gasteiger partial charge in [-0.15, -0.1) is 0 Å². The molecule has 0 bridgehead atoms. The molecule has 4 nitrogen and oxygen atoms in total. The normalized spacial score (nSPS) is 30.3. The summed E-state index contributed by atoms with van der Waals surface area (Å²) < 4.78 is 0. The Bertz CT molecular complexity index is 184. The van der Waals surface area contributed by atoms with Crippen molar-refractivity contribution in [3.63, 3.8) is 0 Å². The number of rotatable bonds is 3. The van der Waals surface area contributed by atoms with Crippen LogP contribution >= 0.6 is 0 Å². The summed E-state index contributed by atoms with van der Waals surface area (Å²) in [5.74, 6) is -0.0838. The van der Waals surface area contributed by atoms with Crippen LogP contribution in [0.1, 0.15) is 13.3 Å². The summed E-state index contributed by atoms with van der Waals surface area (Å²) in [6.45, 7) is 4.14. The maximum atomic E-state index is 10.5. The number of carbonyl (C=O) groups is 1. The summed E-state index contributed by atoms with van der Waals surface area (Å²) in [6, 6.07) is 0.438. The van der Waals surface area contributed by atoms with Crippen LogP contribution in [0.2, 0.25) is 0 Å². The molecule has 1 saturated heterocycles. The second kappa shape index (κ2) is 4.58. The van der Waals surface area contributed by atoms with Crippen LogP contribution in [0.15, 0.2) is 0 Å². The molecular weight excluding hydrogens is 168 g/mol. The van der Waals surface area contributed by atoms with Gasteiger partial charge in [0.25, 0.3) is 0 Å². The SMILES string of the molecule is CNC1CN(CC(=O)O)CCC1C. The Morgan fingerprint density at radius 2 is 2.38 bits per heavy atom. The monoisotopic (exact) mass is 186 g/mol. The summed E-state index contributed by atoms with van der Waals surface area (Å²) >= 11 is 0. The predicted octanol–water partition coefficient (Wildman–Crippen LogP) is 0.000800. The molecule has 1 fully saturated rings. The minimum atomic E-state index is -0.732. The number of carboxylic acids is 1.